The van der Waals surface area contributed by atoms with Crippen LogP contribution < -0.4 is 4.74 Å². The Labute approximate surface area is 221 Å². The predicted octanol–water partition coefficient (Wildman–Crippen LogP) is 4.94. The van der Waals surface area contributed by atoms with E-state index in [0.717, 1.165) is 10.5 Å². The van der Waals surface area contributed by atoms with Gasteiger partial charge in [0.05, 0.1) is 13.0 Å². The standard InChI is InChI=1S/C28H25F4N3O4/c29-23-19-4-2-1-3-9-39-28-33-12-18(13-34-28)20(11-21(36)37)16-6-5-15-7-8-35(14-17(15)10-16)27(38)22(25(23)31)26(32)24(19)30/h5-6,10,12-13,20H,1-4,7-9,11,14H2,(H,36,37)/t20-/m0/s1. The Morgan fingerprint density at radius 3 is 2.36 bits per heavy atom. The third-order valence-corrected chi connectivity index (χ3v) is 7.23. The van der Waals surface area contributed by atoms with Crippen LogP contribution in [0.3, 0.4) is 0 Å². The van der Waals surface area contributed by atoms with E-state index in [4.69, 9.17) is 4.74 Å². The van der Waals surface area contributed by atoms with Crippen LogP contribution in [0.5, 0.6) is 6.01 Å². The fourth-order valence-corrected chi connectivity index (χ4v) is 5.14. The summed E-state index contributed by atoms with van der Waals surface area (Å²) in [5.41, 5.74) is 0.678. The summed E-state index contributed by atoms with van der Waals surface area (Å²) < 4.78 is 65.2. The molecule has 39 heavy (non-hydrogen) atoms. The number of hydrogen-bond donors (Lipinski definition) is 1. The molecule has 5 aliphatic heterocycles. The highest BCUT2D eigenvalue weighted by molar-refractivity contribution is 5.95. The van der Waals surface area contributed by atoms with Crippen molar-refractivity contribution < 1.29 is 37.0 Å². The van der Waals surface area contributed by atoms with E-state index < -0.39 is 52.2 Å². The maximum absolute atomic E-state index is 15.0. The molecule has 1 N–H and O–H groups in total. The molecule has 2 aromatic carbocycles. The van der Waals surface area contributed by atoms with Crippen molar-refractivity contribution in [1.29, 1.82) is 0 Å². The number of carboxylic acid groups (broad SMARTS) is 1. The van der Waals surface area contributed by atoms with Crippen LogP contribution >= 0.6 is 0 Å². The molecule has 3 aromatic rings. The molecule has 1 atom stereocenters. The Bertz CT molecular complexity index is 1400. The molecule has 0 radical (unpaired) electrons. The van der Waals surface area contributed by atoms with Crippen molar-refractivity contribution >= 4 is 11.9 Å². The van der Waals surface area contributed by atoms with E-state index in [9.17, 15) is 32.3 Å². The minimum Gasteiger partial charge on any atom is -0.481 e. The van der Waals surface area contributed by atoms with Gasteiger partial charge in [-0.2, -0.15) is 0 Å². The first-order valence-electron chi connectivity index (χ1n) is 12.7. The molecule has 0 fully saturated rings. The Morgan fingerprint density at radius 2 is 1.67 bits per heavy atom. The van der Waals surface area contributed by atoms with E-state index in [-0.39, 0.29) is 45.0 Å². The summed E-state index contributed by atoms with van der Waals surface area (Å²) in [6.07, 6.45) is 3.97. The number of carboxylic acids is 1. The molecule has 7 nitrogen and oxygen atoms in total. The van der Waals surface area contributed by atoms with E-state index in [1.165, 1.54) is 12.4 Å². The first-order valence-corrected chi connectivity index (χ1v) is 12.7. The van der Waals surface area contributed by atoms with Gasteiger partial charge in [0.2, 0.25) is 0 Å². The Balaban J connectivity index is 1.57. The smallest absolute Gasteiger partial charge is 0.316 e. The third-order valence-electron chi connectivity index (χ3n) is 7.23. The normalized spacial score (nSPS) is 17.7. The number of aliphatic carboxylic acids is 1. The highest BCUT2D eigenvalue weighted by Gasteiger charge is 2.33. The van der Waals surface area contributed by atoms with Crippen LogP contribution in [0.4, 0.5) is 17.6 Å². The number of benzene rings is 2. The lowest BCUT2D eigenvalue weighted by Gasteiger charge is -2.30. The van der Waals surface area contributed by atoms with Gasteiger partial charge in [0.1, 0.15) is 5.56 Å². The van der Waals surface area contributed by atoms with E-state index >= 15 is 0 Å². The molecule has 204 valence electrons. The number of halogens is 4. The van der Waals surface area contributed by atoms with Crippen LogP contribution in [-0.4, -0.2) is 45.0 Å². The van der Waals surface area contributed by atoms with Gasteiger partial charge in [-0.1, -0.05) is 18.2 Å². The van der Waals surface area contributed by atoms with Crippen molar-refractivity contribution in [3.63, 3.8) is 0 Å². The fraction of sp³-hybridized carbons (Fsp3) is 0.357. The number of rotatable bonds is 2. The van der Waals surface area contributed by atoms with Crippen molar-refractivity contribution in [1.82, 2.24) is 14.9 Å². The minimum absolute atomic E-state index is 0.0745. The number of nitrogens with zero attached hydrogens (tertiary/aromatic N) is 3. The number of amides is 1. The Hall–Kier alpha value is -4.02. The van der Waals surface area contributed by atoms with Gasteiger partial charge < -0.3 is 14.7 Å². The van der Waals surface area contributed by atoms with Crippen LogP contribution in [0.15, 0.2) is 30.6 Å². The second-order valence-corrected chi connectivity index (χ2v) is 9.72. The van der Waals surface area contributed by atoms with Crippen LogP contribution in [0.1, 0.15) is 69.8 Å². The minimum atomic E-state index is -1.71. The van der Waals surface area contributed by atoms with Crippen molar-refractivity contribution in [2.45, 2.75) is 51.0 Å². The lowest BCUT2D eigenvalue weighted by Crippen LogP contribution is -2.37. The van der Waals surface area contributed by atoms with Gasteiger partial charge in [-0.3, -0.25) is 9.59 Å². The monoisotopic (exact) mass is 543 g/mol. The molecule has 0 saturated heterocycles. The van der Waals surface area contributed by atoms with Crippen LogP contribution in [-0.2, 0) is 24.2 Å². The molecule has 1 aromatic heterocycles. The molecule has 0 saturated carbocycles. The lowest BCUT2D eigenvalue weighted by atomic mass is 9.87. The number of carbonyl (C=O) groups is 2. The SMILES string of the molecule is O=C(O)C[C@@H]1c2cnc(nc2)OCCCCCc2c(F)c(F)c(c(F)c2F)C(=O)N2CCc3ccc1cc3C2. The number of hydrogen-bond acceptors (Lipinski definition) is 5. The quantitative estimate of drug-likeness (QED) is 0.364. The van der Waals surface area contributed by atoms with Gasteiger partial charge in [0.25, 0.3) is 5.91 Å². The summed E-state index contributed by atoms with van der Waals surface area (Å²) in [7, 11) is 0. The zero-order valence-electron chi connectivity index (χ0n) is 20.9. The summed E-state index contributed by atoms with van der Waals surface area (Å²) in [5, 5.41) is 9.56. The van der Waals surface area contributed by atoms with E-state index in [1.807, 2.05) is 6.07 Å². The molecule has 0 unspecified atom stereocenters. The van der Waals surface area contributed by atoms with Crippen LogP contribution in [0.25, 0.3) is 0 Å². The van der Waals surface area contributed by atoms with E-state index in [0.29, 0.717) is 36.0 Å². The number of aromatic nitrogens is 2. The maximum atomic E-state index is 15.0. The van der Waals surface area contributed by atoms with Crippen molar-refractivity contribution in [2.24, 2.45) is 0 Å². The molecule has 0 spiro atoms. The number of ether oxygens (including phenoxy) is 1. The Kier molecular flexibility index (Phi) is 7.49. The summed E-state index contributed by atoms with van der Waals surface area (Å²) in [5.74, 6) is -9.36. The molecule has 1 amide bonds. The van der Waals surface area contributed by atoms with Gasteiger partial charge in [0, 0.05) is 37.0 Å². The summed E-state index contributed by atoms with van der Waals surface area (Å²) in [6.45, 7) is 0.206. The fourth-order valence-electron chi connectivity index (χ4n) is 5.14. The highest BCUT2D eigenvalue weighted by Crippen LogP contribution is 2.33. The predicted molar refractivity (Wildman–Crippen MR) is 130 cm³/mol. The van der Waals surface area contributed by atoms with E-state index in [2.05, 4.69) is 9.97 Å². The number of carbonyl (C=O) groups excluding carboxylic acids is 1. The second-order valence-electron chi connectivity index (χ2n) is 9.72. The van der Waals surface area contributed by atoms with Crippen LogP contribution in [0, 0.1) is 23.3 Å². The molecular weight excluding hydrogens is 518 g/mol. The molecule has 11 heteroatoms. The second kappa shape index (κ2) is 11.0. The zero-order valence-corrected chi connectivity index (χ0v) is 20.9. The van der Waals surface area contributed by atoms with Crippen LogP contribution in [0.2, 0.25) is 0 Å². The van der Waals surface area contributed by atoms with Gasteiger partial charge in [0.15, 0.2) is 23.3 Å². The summed E-state index contributed by atoms with van der Waals surface area (Å²) in [6, 6.07) is 5.42. The molecule has 8 rings (SSSR count). The van der Waals surface area contributed by atoms with Gasteiger partial charge in [-0.15, -0.1) is 0 Å². The first kappa shape index (κ1) is 26.6. The van der Waals surface area contributed by atoms with Gasteiger partial charge in [-0.05, 0) is 54.4 Å². The third kappa shape index (κ3) is 5.30. The van der Waals surface area contributed by atoms with E-state index in [1.54, 1.807) is 12.1 Å². The zero-order chi connectivity index (χ0) is 27.7. The topological polar surface area (TPSA) is 92.6 Å². The first-order chi connectivity index (χ1) is 18.7. The molecule has 6 heterocycles. The van der Waals surface area contributed by atoms with Crippen molar-refractivity contribution in [3.05, 3.63) is 87.2 Å². The average molecular weight is 544 g/mol. The molecular formula is C28H25F4N3O4. The molecule has 7 bridgehead atoms. The van der Waals surface area contributed by atoms with Gasteiger partial charge >= 0.3 is 12.0 Å². The van der Waals surface area contributed by atoms with Crippen molar-refractivity contribution in [2.75, 3.05) is 13.2 Å². The van der Waals surface area contributed by atoms with Gasteiger partial charge in [-0.25, -0.2) is 27.5 Å². The summed E-state index contributed by atoms with van der Waals surface area (Å²) >= 11 is 0. The highest BCUT2D eigenvalue weighted by atomic mass is 19.2. The average Bonchev–Trinajstić information content (AvgIpc) is 2.93. The van der Waals surface area contributed by atoms with Crippen molar-refractivity contribution in [3.8, 4) is 6.01 Å². The summed E-state index contributed by atoms with van der Waals surface area (Å²) in [4.78, 5) is 34.4. The largest absolute Gasteiger partial charge is 0.481 e. The molecule has 5 aliphatic rings. The Morgan fingerprint density at radius 1 is 0.949 bits per heavy atom. The molecule has 0 aliphatic carbocycles. The lowest BCUT2D eigenvalue weighted by molar-refractivity contribution is -0.137. The maximum Gasteiger partial charge on any atom is 0.316 e.